The molecule has 1 heterocycles. The molecule has 2 unspecified atom stereocenters. The largest absolute Gasteiger partial charge is 0.352 e. The fraction of sp³-hybridized carbons (Fsp3) is 0.867. The normalized spacial score (nSPS) is 19.1. The van der Waals surface area contributed by atoms with Crippen molar-refractivity contribution >= 4 is 11.8 Å². The third-order valence-electron chi connectivity index (χ3n) is 3.57. The Morgan fingerprint density at radius 3 is 2.55 bits per heavy atom. The summed E-state index contributed by atoms with van der Waals surface area (Å²) in [5, 5.41) is 2.99. The van der Waals surface area contributed by atoms with E-state index in [1.165, 1.54) is 0 Å². The second-order valence-corrected chi connectivity index (χ2v) is 7.05. The third kappa shape index (κ3) is 5.49. The Kier molecular flexibility index (Phi) is 5.99. The lowest BCUT2D eigenvalue weighted by Gasteiger charge is -2.27. The Hall–Kier alpha value is -1.10. The zero-order valence-electron chi connectivity index (χ0n) is 13.2. The van der Waals surface area contributed by atoms with Gasteiger partial charge in [0.25, 0.3) is 0 Å². The van der Waals surface area contributed by atoms with Crippen molar-refractivity contribution in [2.75, 3.05) is 19.6 Å². The van der Waals surface area contributed by atoms with Crippen molar-refractivity contribution in [3.63, 3.8) is 0 Å². The van der Waals surface area contributed by atoms with Crippen LogP contribution >= 0.6 is 0 Å². The van der Waals surface area contributed by atoms with Crippen molar-refractivity contribution in [3.05, 3.63) is 0 Å². The maximum Gasteiger partial charge on any atom is 0.224 e. The minimum Gasteiger partial charge on any atom is -0.352 e. The summed E-state index contributed by atoms with van der Waals surface area (Å²) in [6, 6.07) is -0.0291. The molecule has 0 aliphatic carbocycles. The van der Waals surface area contributed by atoms with Gasteiger partial charge in [-0.25, -0.2) is 0 Å². The van der Waals surface area contributed by atoms with Gasteiger partial charge >= 0.3 is 0 Å². The smallest absolute Gasteiger partial charge is 0.224 e. The van der Waals surface area contributed by atoms with Crippen LogP contribution in [-0.4, -0.2) is 42.4 Å². The molecule has 0 radical (unpaired) electrons. The molecule has 116 valence electrons. The van der Waals surface area contributed by atoms with Gasteiger partial charge in [-0.05, 0) is 25.2 Å². The van der Waals surface area contributed by atoms with Gasteiger partial charge in [-0.1, -0.05) is 20.8 Å². The van der Waals surface area contributed by atoms with Crippen LogP contribution < -0.4 is 11.1 Å². The number of likely N-dealkylation sites (tertiary alicyclic amines) is 1. The van der Waals surface area contributed by atoms with Gasteiger partial charge in [0.2, 0.25) is 11.8 Å². The Balaban J connectivity index is 2.44. The standard InChI is InChI=1S/C15H29N3O2/c1-11(10-18-7-5-6-13(18)19)17-14(20)12(9-16)8-15(2,3)4/h11-12H,5-10,16H2,1-4H3,(H,17,20). The summed E-state index contributed by atoms with van der Waals surface area (Å²) in [6.45, 7) is 10.0. The molecule has 20 heavy (non-hydrogen) atoms. The van der Waals surface area contributed by atoms with E-state index < -0.39 is 0 Å². The number of nitrogens with zero attached hydrogens (tertiary/aromatic N) is 1. The highest BCUT2D eigenvalue weighted by Gasteiger charge is 2.26. The third-order valence-corrected chi connectivity index (χ3v) is 3.57. The second-order valence-electron chi connectivity index (χ2n) is 7.05. The number of hydrogen-bond donors (Lipinski definition) is 2. The maximum absolute atomic E-state index is 12.2. The lowest BCUT2D eigenvalue weighted by atomic mass is 9.84. The Labute approximate surface area is 122 Å². The van der Waals surface area contributed by atoms with Gasteiger partial charge in [-0.15, -0.1) is 0 Å². The van der Waals surface area contributed by atoms with Crippen LogP contribution in [0.5, 0.6) is 0 Å². The summed E-state index contributed by atoms with van der Waals surface area (Å²) >= 11 is 0. The van der Waals surface area contributed by atoms with Crippen LogP contribution in [-0.2, 0) is 9.59 Å². The number of rotatable bonds is 6. The molecule has 0 bridgehead atoms. The summed E-state index contributed by atoms with van der Waals surface area (Å²) in [5.74, 6) is 0.0319. The van der Waals surface area contributed by atoms with E-state index in [-0.39, 0.29) is 29.2 Å². The fourth-order valence-corrected chi connectivity index (χ4v) is 2.66. The Morgan fingerprint density at radius 1 is 1.45 bits per heavy atom. The predicted molar refractivity (Wildman–Crippen MR) is 80.0 cm³/mol. The van der Waals surface area contributed by atoms with Crippen LogP contribution in [0.4, 0.5) is 0 Å². The zero-order chi connectivity index (χ0) is 15.3. The fourth-order valence-electron chi connectivity index (χ4n) is 2.66. The summed E-state index contributed by atoms with van der Waals surface area (Å²) in [4.78, 5) is 25.6. The maximum atomic E-state index is 12.2. The molecule has 1 aliphatic rings. The van der Waals surface area contributed by atoms with Crippen molar-refractivity contribution in [3.8, 4) is 0 Å². The first-order valence-electron chi connectivity index (χ1n) is 7.51. The predicted octanol–water partition coefficient (Wildman–Crippen LogP) is 1.12. The van der Waals surface area contributed by atoms with Crippen molar-refractivity contribution in [2.24, 2.45) is 17.1 Å². The van der Waals surface area contributed by atoms with E-state index in [0.29, 0.717) is 19.5 Å². The van der Waals surface area contributed by atoms with Crippen molar-refractivity contribution in [2.45, 2.75) is 53.0 Å². The molecule has 1 aliphatic heterocycles. The summed E-state index contributed by atoms with van der Waals surface area (Å²) in [7, 11) is 0. The van der Waals surface area contributed by atoms with E-state index >= 15 is 0 Å². The van der Waals surface area contributed by atoms with Gasteiger partial charge in [0.05, 0.1) is 5.92 Å². The molecule has 1 fully saturated rings. The minimum absolute atomic E-state index is 0.00145. The monoisotopic (exact) mass is 283 g/mol. The molecular formula is C15H29N3O2. The number of nitrogens with one attached hydrogen (secondary N) is 1. The number of hydrogen-bond acceptors (Lipinski definition) is 3. The highest BCUT2D eigenvalue weighted by Crippen LogP contribution is 2.24. The number of amides is 2. The van der Waals surface area contributed by atoms with Gasteiger partial charge in [0.1, 0.15) is 0 Å². The van der Waals surface area contributed by atoms with Gasteiger partial charge in [0.15, 0.2) is 0 Å². The molecule has 0 saturated carbocycles. The summed E-state index contributed by atoms with van der Waals surface area (Å²) in [6.07, 6.45) is 2.33. The molecule has 2 atom stereocenters. The van der Waals surface area contributed by atoms with Crippen LogP contribution in [0.3, 0.4) is 0 Å². The van der Waals surface area contributed by atoms with Gasteiger partial charge in [-0.2, -0.15) is 0 Å². The Bertz CT molecular complexity index is 350. The molecule has 1 saturated heterocycles. The topological polar surface area (TPSA) is 75.4 Å². The molecule has 5 heteroatoms. The molecule has 0 aromatic rings. The highest BCUT2D eigenvalue weighted by molar-refractivity contribution is 5.80. The van der Waals surface area contributed by atoms with Gasteiger partial charge < -0.3 is 16.0 Å². The average Bonchev–Trinajstić information content (AvgIpc) is 2.70. The molecule has 2 amide bonds. The lowest BCUT2D eigenvalue weighted by Crippen LogP contribution is -2.46. The SMILES string of the molecule is CC(CN1CCCC1=O)NC(=O)C(CN)CC(C)(C)C. The van der Waals surface area contributed by atoms with Crippen LogP contribution in [0.15, 0.2) is 0 Å². The van der Waals surface area contributed by atoms with Gasteiger partial charge in [-0.3, -0.25) is 9.59 Å². The zero-order valence-corrected chi connectivity index (χ0v) is 13.2. The lowest BCUT2D eigenvalue weighted by molar-refractivity contribution is -0.130. The quantitative estimate of drug-likeness (QED) is 0.767. The molecule has 3 N–H and O–H groups in total. The second kappa shape index (κ2) is 7.07. The van der Waals surface area contributed by atoms with Gasteiger partial charge in [0, 0.05) is 32.1 Å². The van der Waals surface area contributed by atoms with E-state index in [9.17, 15) is 9.59 Å². The van der Waals surface area contributed by atoms with E-state index in [4.69, 9.17) is 5.73 Å². The van der Waals surface area contributed by atoms with E-state index in [1.807, 2.05) is 11.8 Å². The first-order valence-corrected chi connectivity index (χ1v) is 7.51. The highest BCUT2D eigenvalue weighted by atomic mass is 16.2. The van der Waals surface area contributed by atoms with Crippen molar-refractivity contribution in [1.82, 2.24) is 10.2 Å². The van der Waals surface area contributed by atoms with Crippen LogP contribution in [0.1, 0.15) is 47.0 Å². The molecule has 5 nitrogen and oxygen atoms in total. The van der Waals surface area contributed by atoms with Crippen LogP contribution in [0.25, 0.3) is 0 Å². The number of carbonyl (C=O) groups excluding carboxylic acids is 2. The van der Waals surface area contributed by atoms with E-state index in [0.717, 1.165) is 19.4 Å². The van der Waals surface area contributed by atoms with Crippen LogP contribution in [0.2, 0.25) is 0 Å². The molecule has 0 spiro atoms. The minimum atomic E-state index is -0.160. The Morgan fingerprint density at radius 2 is 2.10 bits per heavy atom. The van der Waals surface area contributed by atoms with E-state index in [1.54, 1.807) is 0 Å². The first kappa shape index (κ1) is 17.0. The van der Waals surface area contributed by atoms with Crippen molar-refractivity contribution < 1.29 is 9.59 Å². The number of carbonyl (C=O) groups is 2. The summed E-state index contributed by atoms with van der Waals surface area (Å²) < 4.78 is 0. The average molecular weight is 283 g/mol. The molecule has 0 aromatic heterocycles. The molecule has 0 aromatic carbocycles. The molecular weight excluding hydrogens is 254 g/mol. The first-order chi connectivity index (χ1) is 9.23. The van der Waals surface area contributed by atoms with Crippen molar-refractivity contribution in [1.29, 1.82) is 0 Å². The number of nitrogens with two attached hydrogens (primary N) is 1. The summed E-state index contributed by atoms with van der Waals surface area (Å²) in [5.41, 5.74) is 5.80. The molecule has 1 rings (SSSR count). The van der Waals surface area contributed by atoms with Crippen LogP contribution in [0, 0.1) is 11.3 Å². The van der Waals surface area contributed by atoms with E-state index in [2.05, 4.69) is 26.1 Å².